The highest BCUT2D eigenvalue weighted by Crippen LogP contribution is 2.34. The summed E-state index contributed by atoms with van der Waals surface area (Å²) >= 11 is 0. The maximum Gasteiger partial charge on any atom is 0.157 e. The zero-order chi connectivity index (χ0) is 26.1. The van der Waals surface area contributed by atoms with Gasteiger partial charge in [0.05, 0.1) is 17.4 Å². The third-order valence-corrected chi connectivity index (χ3v) is 7.11. The van der Waals surface area contributed by atoms with E-state index in [1.165, 1.54) is 12.5 Å². The number of imidazole rings is 1. The van der Waals surface area contributed by atoms with Crippen molar-refractivity contribution in [2.24, 2.45) is 0 Å². The summed E-state index contributed by atoms with van der Waals surface area (Å²) < 4.78 is 15.2. The SMILES string of the molecule is C=C(CCCC)Nc1cncc(-c2cc(F)c3n[nH]c(-c4nc5c(N6CCCCC6)nccc5[nH]4)c3c2)c1. The van der Waals surface area contributed by atoms with Crippen LogP contribution in [-0.2, 0) is 0 Å². The van der Waals surface area contributed by atoms with Gasteiger partial charge in [-0.3, -0.25) is 10.1 Å². The fraction of sp³-hybridized carbons (Fsp3) is 0.310. The number of piperidine rings is 1. The van der Waals surface area contributed by atoms with Crippen molar-refractivity contribution in [1.82, 2.24) is 30.1 Å². The number of nitrogens with one attached hydrogen (secondary N) is 3. The molecule has 5 heterocycles. The molecule has 38 heavy (non-hydrogen) atoms. The van der Waals surface area contributed by atoms with Crippen LogP contribution < -0.4 is 10.2 Å². The summed E-state index contributed by atoms with van der Waals surface area (Å²) in [5, 5.41) is 11.3. The Morgan fingerprint density at radius 1 is 1.11 bits per heavy atom. The molecule has 1 aliphatic heterocycles. The summed E-state index contributed by atoms with van der Waals surface area (Å²) in [6.07, 6.45) is 11.9. The zero-order valence-electron chi connectivity index (χ0n) is 21.5. The molecule has 0 unspecified atom stereocenters. The van der Waals surface area contributed by atoms with Crippen LogP contribution in [0, 0.1) is 5.82 Å². The lowest BCUT2D eigenvalue weighted by molar-refractivity contribution is 0.574. The lowest BCUT2D eigenvalue weighted by atomic mass is 10.0. The van der Waals surface area contributed by atoms with Crippen LogP contribution in [0.4, 0.5) is 15.9 Å². The Morgan fingerprint density at radius 3 is 2.82 bits per heavy atom. The molecule has 0 atom stereocenters. The molecule has 1 fully saturated rings. The van der Waals surface area contributed by atoms with Gasteiger partial charge in [-0.05, 0) is 61.9 Å². The van der Waals surface area contributed by atoms with Crippen molar-refractivity contribution >= 4 is 33.4 Å². The summed E-state index contributed by atoms with van der Waals surface area (Å²) in [5.74, 6) is 1.08. The third-order valence-electron chi connectivity index (χ3n) is 7.11. The lowest BCUT2D eigenvalue weighted by Crippen LogP contribution is -2.30. The quantitative estimate of drug-likeness (QED) is 0.212. The summed E-state index contributed by atoms with van der Waals surface area (Å²) in [4.78, 5) is 19.6. The molecule has 0 aliphatic carbocycles. The van der Waals surface area contributed by atoms with Crippen molar-refractivity contribution in [3.05, 3.63) is 60.9 Å². The van der Waals surface area contributed by atoms with Gasteiger partial charge in [-0.1, -0.05) is 19.9 Å². The van der Waals surface area contributed by atoms with E-state index < -0.39 is 5.82 Å². The number of rotatable bonds is 8. The molecule has 1 aliphatic rings. The highest BCUT2D eigenvalue weighted by molar-refractivity contribution is 5.97. The van der Waals surface area contributed by atoms with Crippen molar-refractivity contribution in [2.45, 2.75) is 45.4 Å². The van der Waals surface area contributed by atoms with Crippen molar-refractivity contribution in [3.8, 4) is 22.6 Å². The predicted octanol–water partition coefficient (Wildman–Crippen LogP) is 6.81. The van der Waals surface area contributed by atoms with Crippen molar-refractivity contribution in [1.29, 1.82) is 0 Å². The van der Waals surface area contributed by atoms with Crippen molar-refractivity contribution in [3.63, 3.8) is 0 Å². The number of pyridine rings is 2. The Balaban J connectivity index is 1.37. The van der Waals surface area contributed by atoms with Crippen LogP contribution in [0.3, 0.4) is 0 Å². The molecular weight excluding hydrogens is 479 g/mol. The number of hydrogen-bond acceptors (Lipinski definition) is 6. The number of H-pyrrole nitrogens is 2. The molecule has 0 amide bonds. The molecular formula is C29H31FN8. The molecule has 5 aromatic rings. The van der Waals surface area contributed by atoms with Gasteiger partial charge in [0, 0.05) is 42.1 Å². The standard InChI is InChI=1S/C29H31FN8/c1-3-4-8-18(2)33-21-13-20(16-31-17-21)19-14-22-25(23(30)15-19)36-37-26(22)28-34-24-9-10-32-29(27(24)35-28)38-11-6-5-7-12-38/h9-10,13-17,33H,2-8,11-12H2,1H3,(H,34,35)(H,36,37). The minimum absolute atomic E-state index is 0.272. The Hall–Kier alpha value is -4.27. The van der Waals surface area contributed by atoms with Crippen LogP contribution in [0.1, 0.15) is 45.4 Å². The topological polar surface area (TPSA) is 98.4 Å². The molecule has 8 nitrogen and oxygen atoms in total. The van der Waals surface area contributed by atoms with Gasteiger partial charge in [-0.25, -0.2) is 14.4 Å². The first-order valence-corrected chi connectivity index (χ1v) is 13.3. The molecule has 3 N–H and O–H groups in total. The largest absolute Gasteiger partial charge is 0.358 e. The fourth-order valence-electron chi connectivity index (χ4n) is 5.12. The van der Waals surface area contributed by atoms with Gasteiger partial charge in [-0.2, -0.15) is 5.10 Å². The van der Waals surface area contributed by atoms with Crippen LogP contribution >= 0.6 is 0 Å². The molecule has 0 radical (unpaired) electrons. The van der Waals surface area contributed by atoms with E-state index in [-0.39, 0.29) is 5.52 Å². The number of halogens is 1. The molecule has 1 saturated heterocycles. The average Bonchev–Trinajstić information content (AvgIpc) is 3.57. The van der Waals surface area contributed by atoms with Crippen molar-refractivity contribution in [2.75, 3.05) is 23.3 Å². The van der Waals surface area contributed by atoms with Crippen LogP contribution in [0.5, 0.6) is 0 Å². The second kappa shape index (κ2) is 10.2. The van der Waals surface area contributed by atoms with Gasteiger partial charge < -0.3 is 15.2 Å². The van der Waals surface area contributed by atoms with Crippen LogP contribution in [0.2, 0.25) is 0 Å². The first-order valence-electron chi connectivity index (χ1n) is 13.3. The maximum absolute atomic E-state index is 15.2. The second-order valence-electron chi connectivity index (χ2n) is 9.91. The fourth-order valence-corrected chi connectivity index (χ4v) is 5.12. The number of aromatic nitrogens is 6. The molecule has 4 aromatic heterocycles. The van der Waals surface area contributed by atoms with Crippen LogP contribution in [0.15, 0.2) is 55.1 Å². The number of fused-ring (bicyclic) bond motifs is 2. The number of aromatic amines is 2. The number of benzene rings is 1. The second-order valence-corrected chi connectivity index (χ2v) is 9.91. The average molecular weight is 511 g/mol. The normalized spacial score (nSPS) is 13.9. The van der Waals surface area contributed by atoms with E-state index in [1.54, 1.807) is 12.4 Å². The highest BCUT2D eigenvalue weighted by atomic mass is 19.1. The summed E-state index contributed by atoms with van der Waals surface area (Å²) in [6.45, 7) is 8.21. The van der Waals surface area contributed by atoms with E-state index in [9.17, 15) is 0 Å². The van der Waals surface area contributed by atoms with E-state index in [4.69, 9.17) is 4.98 Å². The van der Waals surface area contributed by atoms with Crippen LogP contribution in [0.25, 0.3) is 44.6 Å². The molecule has 9 heteroatoms. The van der Waals surface area contributed by atoms with E-state index in [0.717, 1.165) is 79.0 Å². The molecule has 6 rings (SSSR count). The summed E-state index contributed by atoms with van der Waals surface area (Å²) in [6, 6.07) is 7.31. The Labute approximate surface area is 220 Å². The smallest absolute Gasteiger partial charge is 0.157 e. The minimum Gasteiger partial charge on any atom is -0.358 e. The molecule has 1 aromatic carbocycles. The van der Waals surface area contributed by atoms with E-state index >= 15 is 4.39 Å². The van der Waals surface area contributed by atoms with E-state index in [2.05, 4.69) is 48.9 Å². The number of unbranched alkanes of at least 4 members (excludes halogenated alkanes) is 1. The summed E-state index contributed by atoms with van der Waals surface area (Å²) in [7, 11) is 0. The first-order chi connectivity index (χ1) is 18.6. The highest BCUT2D eigenvalue weighted by Gasteiger charge is 2.20. The zero-order valence-corrected chi connectivity index (χ0v) is 21.5. The monoisotopic (exact) mass is 510 g/mol. The van der Waals surface area contributed by atoms with Gasteiger partial charge in [0.1, 0.15) is 16.7 Å². The lowest BCUT2D eigenvalue weighted by Gasteiger charge is -2.27. The third kappa shape index (κ3) is 4.60. The van der Waals surface area contributed by atoms with Gasteiger partial charge >= 0.3 is 0 Å². The molecule has 0 saturated carbocycles. The summed E-state index contributed by atoms with van der Waals surface area (Å²) in [5.41, 5.74) is 5.88. The van der Waals surface area contributed by atoms with E-state index in [1.807, 2.05) is 24.4 Å². The first kappa shape index (κ1) is 24.1. The number of anilines is 2. The van der Waals surface area contributed by atoms with Gasteiger partial charge in [0.2, 0.25) is 0 Å². The van der Waals surface area contributed by atoms with Gasteiger partial charge in [0.15, 0.2) is 17.5 Å². The van der Waals surface area contributed by atoms with E-state index in [0.29, 0.717) is 22.5 Å². The number of nitrogens with zero attached hydrogens (tertiary/aromatic N) is 5. The molecule has 0 bridgehead atoms. The Morgan fingerprint density at radius 2 is 1.97 bits per heavy atom. The Bertz CT molecular complexity index is 1610. The predicted molar refractivity (Wildman–Crippen MR) is 151 cm³/mol. The van der Waals surface area contributed by atoms with Gasteiger partial charge in [0.25, 0.3) is 0 Å². The Kier molecular flexibility index (Phi) is 6.49. The number of allylic oxidation sites excluding steroid dienone is 1. The molecule has 0 spiro atoms. The number of hydrogen-bond donors (Lipinski definition) is 3. The van der Waals surface area contributed by atoms with Crippen LogP contribution in [-0.4, -0.2) is 43.2 Å². The van der Waals surface area contributed by atoms with Crippen molar-refractivity contribution < 1.29 is 4.39 Å². The minimum atomic E-state index is -0.405. The van der Waals surface area contributed by atoms with Gasteiger partial charge in [-0.15, -0.1) is 0 Å². The molecule has 194 valence electrons. The maximum atomic E-state index is 15.2.